The molecule has 8 heteroatoms. The molecule has 2 aromatic heterocycles. The predicted octanol–water partition coefficient (Wildman–Crippen LogP) is 5.55. The number of carbonyl (C=O) groups excluding carboxylic acids is 2. The number of amides is 1. The number of hydrogen-bond donors (Lipinski definition) is 1. The molecular formula is C26H22N2O5S. The highest BCUT2D eigenvalue weighted by atomic mass is 32.1. The Morgan fingerprint density at radius 3 is 2.74 bits per heavy atom. The van der Waals surface area contributed by atoms with Gasteiger partial charge in [0.15, 0.2) is 16.7 Å². The Balaban J connectivity index is 1.68. The second-order valence-corrected chi connectivity index (χ2v) is 9.02. The minimum Gasteiger partial charge on any atom is -0.503 e. The molecule has 1 N–H and O–H groups in total. The van der Waals surface area contributed by atoms with Crippen LogP contribution in [0.4, 0.5) is 5.13 Å². The second-order valence-electron chi connectivity index (χ2n) is 8.01. The average molecular weight is 475 g/mol. The van der Waals surface area contributed by atoms with E-state index in [0.717, 1.165) is 22.2 Å². The van der Waals surface area contributed by atoms with E-state index in [9.17, 15) is 14.7 Å². The van der Waals surface area contributed by atoms with E-state index in [2.05, 4.69) is 11.9 Å². The van der Waals surface area contributed by atoms with Crippen molar-refractivity contribution in [1.82, 2.24) is 4.98 Å². The molecule has 0 saturated heterocycles. The molecule has 0 unspecified atom stereocenters. The maximum Gasteiger partial charge on any atom is 0.296 e. The number of Topliss-reactive ketones (excluding diaryl/α,β-unsaturated/α-hetero) is 1. The minimum absolute atomic E-state index is 0.0542. The smallest absolute Gasteiger partial charge is 0.296 e. The summed E-state index contributed by atoms with van der Waals surface area (Å²) in [5.74, 6) is -0.675. The molecule has 0 bridgehead atoms. The first-order chi connectivity index (χ1) is 16.4. The molecule has 1 amide bonds. The SMILES string of the molecule is CCc1ccc2nc(N3C(=O)C(O)=C(C(=O)c4ccc(C)o4)[C@H]3c3cccc(OC)c3)sc2c1. The van der Waals surface area contributed by atoms with Gasteiger partial charge >= 0.3 is 0 Å². The zero-order valence-corrected chi connectivity index (χ0v) is 19.7. The van der Waals surface area contributed by atoms with Crippen LogP contribution in [0, 0.1) is 6.92 Å². The number of nitrogens with zero attached hydrogens (tertiary/aromatic N) is 2. The van der Waals surface area contributed by atoms with Gasteiger partial charge in [-0.1, -0.05) is 36.5 Å². The van der Waals surface area contributed by atoms with Crippen molar-refractivity contribution in [3.63, 3.8) is 0 Å². The summed E-state index contributed by atoms with van der Waals surface area (Å²) in [5, 5.41) is 11.3. The van der Waals surface area contributed by atoms with Crippen LogP contribution in [-0.2, 0) is 11.2 Å². The number of methoxy groups -OCH3 is 1. The minimum atomic E-state index is -0.897. The van der Waals surface area contributed by atoms with Crippen molar-refractivity contribution in [2.24, 2.45) is 0 Å². The number of aryl methyl sites for hydroxylation is 2. The normalized spacial score (nSPS) is 16.0. The number of aliphatic hydroxyl groups is 1. The molecule has 4 aromatic rings. The third-order valence-electron chi connectivity index (χ3n) is 5.88. The number of ether oxygens (including phenoxy) is 1. The van der Waals surface area contributed by atoms with Crippen molar-refractivity contribution in [2.45, 2.75) is 26.3 Å². The molecule has 0 saturated carbocycles. The fourth-order valence-corrected chi connectivity index (χ4v) is 5.19. The van der Waals surface area contributed by atoms with Gasteiger partial charge in [0, 0.05) is 0 Å². The maximum atomic E-state index is 13.4. The lowest BCUT2D eigenvalue weighted by Crippen LogP contribution is -2.31. The maximum absolute atomic E-state index is 13.4. The van der Waals surface area contributed by atoms with Gasteiger partial charge in [0.05, 0.1) is 28.9 Å². The molecule has 0 radical (unpaired) electrons. The van der Waals surface area contributed by atoms with E-state index in [1.54, 1.807) is 44.4 Å². The highest BCUT2D eigenvalue weighted by Crippen LogP contribution is 2.44. The van der Waals surface area contributed by atoms with Crippen LogP contribution in [0.2, 0.25) is 0 Å². The van der Waals surface area contributed by atoms with E-state index in [1.807, 2.05) is 18.2 Å². The van der Waals surface area contributed by atoms with Gasteiger partial charge in [-0.3, -0.25) is 14.5 Å². The van der Waals surface area contributed by atoms with E-state index < -0.39 is 23.5 Å². The lowest BCUT2D eigenvalue weighted by molar-refractivity contribution is -0.117. The summed E-state index contributed by atoms with van der Waals surface area (Å²) >= 11 is 1.34. The molecule has 0 aliphatic carbocycles. The number of rotatable bonds is 6. The highest BCUT2D eigenvalue weighted by Gasteiger charge is 2.46. The number of furan rings is 1. The summed E-state index contributed by atoms with van der Waals surface area (Å²) in [6, 6.07) is 15.3. The highest BCUT2D eigenvalue weighted by molar-refractivity contribution is 7.22. The number of fused-ring (bicyclic) bond motifs is 1. The molecular weight excluding hydrogens is 452 g/mol. The molecule has 34 heavy (non-hydrogen) atoms. The summed E-state index contributed by atoms with van der Waals surface area (Å²) in [6.45, 7) is 3.80. The number of hydrogen-bond acceptors (Lipinski definition) is 7. The summed E-state index contributed by atoms with van der Waals surface area (Å²) in [4.78, 5) is 32.9. The number of aliphatic hydroxyl groups excluding tert-OH is 1. The van der Waals surface area contributed by atoms with E-state index in [-0.39, 0.29) is 11.3 Å². The van der Waals surface area contributed by atoms with Crippen LogP contribution in [0.15, 0.2) is 70.3 Å². The molecule has 2 aromatic carbocycles. The number of benzene rings is 2. The van der Waals surface area contributed by atoms with Gasteiger partial charge in [-0.2, -0.15) is 0 Å². The monoisotopic (exact) mass is 474 g/mol. The predicted molar refractivity (Wildman–Crippen MR) is 130 cm³/mol. The van der Waals surface area contributed by atoms with E-state index >= 15 is 0 Å². The second kappa shape index (κ2) is 8.46. The Hall–Kier alpha value is -3.91. The quantitative estimate of drug-likeness (QED) is 0.368. The first-order valence-corrected chi connectivity index (χ1v) is 11.6. The number of ketones is 1. The Bertz CT molecular complexity index is 1460. The summed E-state index contributed by atoms with van der Waals surface area (Å²) in [6.07, 6.45) is 0.877. The standard InChI is InChI=1S/C26H22N2O5S/c1-4-15-9-10-18-20(12-15)34-26(27-18)28-22(16-6-5-7-17(13-16)32-3)21(24(30)25(28)31)23(29)19-11-8-14(2)33-19/h5-13,22,30H,4H2,1-3H3/t22-/m1/s1. The van der Waals surface area contributed by atoms with Crippen LogP contribution < -0.4 is 9.64 Å². The van der Waals surface area contributed by atoms with Gasteiger partial charge < -0.3 is 14.3 Å². The first kappa shape index (κ1) is 21.9. The van der Waals surface area contributed by atoms with Crippen LogP contribution in [0.5, 0.6) is 5.75 Å². The van der Waals surface area contributed by atoms with Crippen LogP contribution in [0.3, 0.4) is 0 Å². The van der Waals surface area contributed by atoms with Gasteiger partial charge in [0.2, 0.25) is 5.78 Å². The van der Waals surface area contributed by atoms with Crippen molar-refractivity contribution in [3.05, 3.63) is 88.6 Å². The number of anilines is 1. The topological polar surface area (TPSA) is 92.9 Å². The Morgan fingerprint density at radius 1 is 1.21 bits per heavy atom. The van der Waals surface area contributed by atoms with E-state index in [1.165, 1.54) is 22.3 Å². The molecule has 1 aliphatic heterocycles. The fraction of sp³-hybridized carbons (Fsp3) is 0.192. The molecule has 5 rings (SSSR count). The molecule has 0 fully saturated rings. The molecule has 1 aliphatic rings. The average Bonchev–Trinajstić information content (AvgIpc) is 3.54. The van der Waals surface area contributed by atoms with Gasteiger partial charge in [-0.05, 0) is 60.9 Å². The lowest BCUT2D eigenvalue weighted by atomic mass is 9.95. The van der Waals surface area contributed by atoms with Crippen molar-refractivity contribution in [3.8, 4) is 5.75 Å². The fourth-order valence-electron chi connectivity index (χ4n) is 4.13. The van der Waals surface area contributed by atoms with Crippen LogP contribution in [0.1, 0.15) is 40.4 Å². The largest absolute Gasteiger partial charge is 0.503 e. The zero-order chi connectivity index (χ0) is 24.0. The lowest BCUT2D eigenvalue weighted by Gasteiger charge is -2.24. The van der Waals surface area contributed by atoms with Crippen molar-refractivity contribution < 1.29 is 23.8 Å². The van der Waals surface area contributed by atoms with Crippen LogP contribution >= 0.6 is 11.3 Å². The van der Waals surface area contributed by atoms with Crippen molar-refractivity contribution in [2.75, 3.05) is 12.0 Å². The first-order valence-electron chi connectivity index (χ1n) is 10.8. The molecule has 1 atom stereocenters. The van der Waals surface area contributed by atoms with Gasteiger partial charge in [-0.15, -0.1) is 0 Å². The van der Waals surface area contributed by atoms with Gasteiger partial charge in [0.25, 0.3) is 5.91 Å². The molecule has 0 spiro atoms. The summed E-state index contributed by atoms with van der Waals surface area (Å²) in [5.41, 5.74) is 2.46. The van der Waals surface area contributed by atoms with Gasteiger partial charge in [0.1, 0.15) is 11.5 Å². The van der Waals surface area contributed by atoms with Crippen LogP contribution in [0.25, 0.3) is 10.2 Å². The Labute approximate surface area is 199 Å². The van der Waals surface area contributed by atoms with Crippen molar-refractivity contribution in [1.29, 1.82) is 0 Å². The third-order valence-corrected chi connectivity index (χ3v) is 6.90. The molecule has 3 heterocycles. The molecule has 7 nitrogen and oxygen atoms in total. The Morgan fingerprint density at radius 2 is 2.03 bits per heavy atom. The van der Waals surface area contributed by atoms with Crippen LogP contribution in [-0.4, -0.2) is 28.9 Å². The molecule has 172 valence electrons. The van der Waals surface area contributed by atoms with Crippen molar-refractivity contribution >= 4 is 38.4 Å². The van der Waals surface area contributed by atoms with E-state index in [0.29, 0.717) is 22.2 Å². The summed E-state index contributed by atoms with van der Waals surface area (Å²) < 4.78 is 11.8. The van der Waals surface area contributed by atoms with Gasteiger partial charge in [-0.25, -0.2) is 4.98 Å². The zero-order valence-electron chi connectivity index (χ0n) is 18.9. The summed E-state index contributed by atoms with van der Waals surface area (Å²) in [7, 11) is 1.54. The number of thiazole rings is 1. The van der Waals surface area contributed by atoms with E-state index in [4.69, 9.17) is 9.15 Å². The Kier molecular flexibility index (Phi) is 5.45. The third kappa shape index (κ3) is 3.56. The number of carbonyl (C=O) groups is 2. The number of aromatic nitrogens is 1.